The van der Waals surface area contributed by atoms with Crippen molar-refractivity contribution in [3.8, 4) is 11.3 Å². The number of aromatic amines is 1. The maximum Gasteiger partial charge on any atom is 0.325 e. The minimum absolute atomic E-state index is 0.209. The van der Waals surface area contributed by atoms with Gasteiger partial charge in [0.2, 0.25) is 11.1 Å². The summed E-state index contributed by atoms with van der Waals surface area (Å²) in [6, 6.07) is 11.0. The van der Waals surface area contributed by atoms with Crippen LogP contribution in [0.2, 0.25) is 5.02 Å². The van der Waals surface area contributed by atoms with Crippen LogP contribution in [-0.4, -0.2) is 22.2 Å². The van der Waals surface area contributed by atoms with Gasteiger partial charge in [0.1, 0.15) is 5.82 Å². The Morgan fingerprint density at radius 2 is 2.07 bits per heavy atom. The van der Waals surface area contributed by atoms with Crippen LogP contribution in [0, 0.1) is 5.82 Å². The molecule has 3 aromatic rings. The third kappa shape index (κ3) is 2.89. The number of aromatic nitrogens is 3. The summed E-state index contributed by atoms with van der Waals surface area (Å²) < 4.78 is 16.1. The number of anilines is 1. The first-order valence-corrected chi connectivity index (χ1v) is 9.97. The molecule has 142 valence electrons. The zero-order valence-electron chi connectivity index (χ0n) is 14.9. The average Bonchev–Trinajstić information content (AvgIpc) is 2.66. The summed E-state index contributed by atoms with van der Waals surface area (Å²) in [6.45, 7) is 1.39. The quantitative estimate of drug-likeness (QED) is 0.513. The van der Waals surface area contributed by atoms with E-state index in [4.69, 9.17) is 11.6 Å². The predicted octanol–water partition coefficient (Wildman–Crippen LogP) is 3.15. The lowest BCUT2D eigenvalue weighted by atomic mass is 10.0. The first kappa shape index (κ1) is 18.6. The first-order chi connectivity index (χ1) is 13.4. The highest BCUT2D eigenvalue weighted by molar-refractivity contribution is 7.98. The lowest BCUT2D eigenvalue weighted by molar-refractivity contribution is -0.763. The van der Waals surface area contributed by atoms with E-state index in [1.165, 1.54) is 34.3 Å². The zero-order valence-corrected chi connectivity index (χ0v) is 16.5. The molecule has 1 aliphatic heterocycles. The number of fused-ring (bicyclic) bond motifs is 3. The molecule has 1 aliphatic rings. The van der Waals surface area contributed by atoms with Crippen LogP contribution in [0.1, 0.15) is 18.7 Å². The monoisotopic (exact) mass is 417 g/mol. The highest BCUT2D eigenvalue weighted by Gasteiger charge is 2.46. The van der Waals surface area contributed by atoms with Crippen molar-refractivity contribution in [1.82, 2.24) is 10.1 Å². The molecule has 2 heterocycles. The molecule has 1 amide bonds. The fourth-order valence-corrected chi connectivity index (χ4v) is 3.93. The van der Waals surface area contributed by atoms with Gasteiger partial charge in [-0.3, -0.25) is 14.6 Å². The van der Waals surface area contributed by atoms with Crippen LogP contribution in [0.5, 0.6) is 0 Å². The molecular weight excluding hydrogens is 403 g/mol. The fraction of sp³-hybridized carbons (Fsp3) is 0.158. The molecule has 1 aromatic heterocycles. The average molecular weight is 418 g/mol. The highest BCUT2D eigenvalue weighted by atomic mass is 35.5. The number of thioether (sulfide) groups is 1. The van der Waals surface area contributed by atoms with Crippen molar-refractivity contribution in [2.45, 2.75) is 18.2 Å². The second kappa shape index (κ2) is 7.03. The van der Waals surface area contributed by atoms with Crippen molar-refractivity contribution >= 4 is 35.0 Å². The standard InChI is InChI=1S/C19H14ClFN4O2S/c1-10(26)24-15-8-7-11(20)9-13(15)16-17(27)22-19(28-2)23-25(16)18(24)12-5-3-4-6-14(12)21/h3-9,18H,1-2H3/p+1. The van der Waals surface area contributed by atoms with Gasteiger partial charge in [-0.05, 0) is 41.3 Å². The van der Waals surface area contributed by atoms with Crippen molar-refractivity contribution in [1.29, 1.82) is 0 Å². The van der Waals surface area contributed by atoms with Crippen molar-refractivity contribution in [3.05, 3.63) is 69.2 Å². The Kier molecular flexibility index (Phi) is 4.68. The SMILES string of the molecule is CSc1n[n+]2c(c(=O)[nH]1)-c1cc(Cl)ccc1N(C(C)=O)C2c1ccccc1F. The Morgan fingerprint density at radius 1 is 1.32 bits per heavy atom. The van der Waals surface area contributed by atoms with Crippen molar-refractivity contribution in [3.63, 3.8) is 0 Å². The van der Waals surface area contributed by atoms with Crippen LogP contribution in [0.3, 0.4) is 0 Å². The molecule has 0 fully saturated rings. The Hall–Kier alpha value is -2.71. The highest BCUT2D eigenvalue weighted by Crippen LogP contribution is 2.39. The molecule has 0 bridgehead atoms. The number of hydrogen-bond donors (Lipinski definition) is 1. The molecular formula is C19H15ClFN4O2S+. The summed E-state index contributed by atoms with van der Waals surface area (Å²) in [5.41, 5.74) is 0.967. The third-order valence-corrected chi connectivity index (χ3v) is 5.33. The van der Waals surface area contributed by atoms with Gasteiger partial charge in [0, 0.05) is 17.0 Å². The van der Waals surface area contributed by atoms with E-state index in [0.717, 1.165) is 0 Å². The van der Waals surface area contributed by atoms with Crippen molar-refractivity contribution < 1.29 is 13.9 Å². The van der Waals surface area contributed by atoms with E-state index in [-0.39, 0.29) is 17.2 Å². The molecule has 6 nitrogen and oxygen atoms in total. The van der Waals surface area contributed by atoms with Crippen LogP contribution < -0.4 is 15.1 Å². The molecule has 4 rings (SSSR count). The van der Waals surface area contributed by atoms with Gasteiger partial charge < -0.3 is 0 Å². The number of carbonyl (C=O) groups excluding carboxylic acids is 1. The Morgan fingerprint density at radius 3 is 2.75 bits per heavy atom. The van der Waals surface area contributed by atoms with E-state index in [0.29, 0.717) is 21.4 Å². The molecule has 28 heavy (non-hydrogen) atoms. The van der Waals surface area contributed by atoms with E-state index in [9.17, 15) is 14.0 Å². The minimum atomic E-state index is -0.949. The summed E-state index contributed by atoms with van der Waals surface area (Å²) in [5.74, 6) is -0.815. The van der Waals surface area contributed by atoms with E-state index < -0.39 is 17.5 Å². The van der Waals surface area contributed by atoms with E-state index in [1.54, 1.807) is 42.7 Å². The number of amides is 1. The fourth-order valence-electron chi connectivity index (χ4n) is 3.39. The van der Waals surface area contributed by atoms with Crippen LogP contribution >= 0.6 is 23.4 Å². The van der Waals surface area contributed by atoms with Gasteiger partial charge in [-0.2, -0.15) is 0 Å². The summed E-state index contributed by atoms with van der Waals surface area (Å²) in [4.78, 5) is 29.7. The van der Waals surface area contributed by atoms with Gasteiger partial charge in [0.25, 0.3) is 6.17 Å². The zero-order chi connectivity index (χ0) is 20.0. The number of benzene rings is 2. The van der Waals surface area contributed by atoms with Gasteiger partial charge in [0.15, 0.2) is 0 Å². The Balaban J connectivity index is 2.14. The number of carbonyl (C=O) groups is 1. The topological polar surface area (TPSA) is 69.9 Å². The molecule has 0 saturated heterocycles. The lowest BCUT2D eigenvalue weighted by Crippen LogP contribution is -2.60. The van der Waals surface area contributed by atoms with Gasteiger partial charge >= 0.3 is 11.3 Å². The molecule has 0 aliphatic carbocycles. The number of halogens is 2. The van der Waals surface area contributed by atoms with Gasteiger partial charge in [0.05, 0.1) is 16.8 Å². The number of H-pyrrole nitrogens is 1. The lowest BCUT2D eigenvalue weighted by Gasteiger charge is -2.31. The summed E-state index contributed by atoms with van der Waals surface area (Å²) in [6.07, 6.45) is 0.815. The summed E-state index contributed by atoms with van der Waals surface area (Å²) in [5, 5.41) is 5.23. The van der Waals surface area contributed by atoms with Gasteiger partial charge in [-0.1, -0.05) is 35.5 Å². The smallest absolute Gasteiger partial charge is 0.291 e. The maximum atomic E-state index is 14.7. The van der Waals surface area contributed by atoms with Gasteiger partial charge in [-0.15, -0.1) is 0 Å². The van der Waals surface area contributed by atoms with Crippen LogP contribution in [0.4, 0.5) is 10.1 Å². The number of nitrogens with zero attached hydrogens (tertiary/aromatic N) is 3. The summed E-state index contributed by atoms with van der Waals surface area (Å²) >= 11 is 7.39. The predicted molar refractivity (Wildman–Crippen MR) is 105 cm³/mol. The number of hydrogen-bond acceptors (Lipinski definition) is 4. The Labute approximate surface area is 169 Å². The largest absolute Gasteiger partial charge is 0.325 e. The Bertz CT molecular complexity index is 1170. The van der Waals surface area contributed by atoms with Gasteiger partial charge in [-0.25, -0.2) is 9.29 Å². The van der Waals surface area contributed by atoms with Crippen LogP contribution in [0.25, 0.3) is 11.3 Å². The second-order valence-electron chi connectivity index (χ2n) is 6.20. The normalized spacial score (nSPS) is 15.1. The summed E-state index contributed by atoms with van der Waals surface area (Å²) in [7, 11) is 0. The van der Waals surface area contributed by atoms with Crippen molar-refractivity contribution in [2.24, 2.45) is 0 Å². The maximum absolute atomic E-state index is 14.7. The second-order valence-corrected chi connectivity index (χ2v) is 7.43. The molecule has 1 N–H and O–H groups in total. The van der Waals surface area contributed by atoms with E-state index in [2.05, 4.69) is 10.1 Å². The van der Waals surface area contributed by atoms with E-state index in [1.807, 2.05) is 0 Å². The molecule has 1 atom stereocenters. The first-order valence-electron chi connectivity index (χ1n) is 8.36. The van der Waals surface area contributed by atoms with E-state index >= 15 is 0 Å². The minimum Gasteiger partial charge on any atom is -0.291 e. The number of rotatable bonds is 2. The molecule has 0 saturated carbocycles. The third-order valence-electron chi connectivity index (χ3n) is 4.53. The molecule has 0 spiro atoms. The molecule has 2 aromatic carbocycles. The van der Waals surface area contributed by atoms with Crippen LogP contribution in [0.15, 0.2) is 52.4 Å². The van der Waals surface area contributed by atoms with Crippen molar-refractivity contribution in [2.75, 3.05) is 11.2 Å². The number of nitrogens with one attached hydrogen (secondary N) is 1. The molecule has 9 heteroatoms. The molecule has 0 radical (unpaired) electrons. The molecule has 1 unspecified atom stereocenters. The van der Waals surface area contributed by atoms with Crippen LogP contribution in [-0.2, 0) is 4.79 Å².